The molecule has 1 amide bonds. The van der Waals surface area contributed by atoms with Crippen molar-refractivity contribution in [3.63, 3.8) is 0 Å². The monoisotopic (exact) mass is 290 g/mol. The second-order valence-corrected chi connectivity index (χ2v) is 6.01. The number of carbonyl (C=O) groups is 1. The third kappa shape index (κ3) is 5.28. The molecule has 3 unspecified atom stereocenters. The number of nitrogens with zero attached hydrogens (tertiary/aromatic N) is 1. The highest BCUT2D eigenvalue weighted by Gasteiger charge is 2.25. The molecule has 5 heteroatoms. The van der Waals surface area contributed by atoms with Gasteiger partial charge in [0, 0.05) is 26.2 Å². The van der Waals surface area contributed by atoms with Crippen LogP contribution in [0.1, 0.15) is 33.1 Å². The first-order valence-corrected chi connectivity index (χ1v) is 7.25. The largest absolute Gasteiger partial charge is 0.377 e. The van der Waals surface area contributed by atoms with E-state index in [1.807, 2.05) is 4.90 Å². The van der Waals surface area contributed by atoms with Crippen molar-refractivity contribution in [3.05, 3.63) is 0 Å². The quantitative estimate of drug-likeness (QED) is 0.856. The molecule has 2 heterocycles. The summed E-state index contributed by atoms with van der Waals surface area (Å²) in [6, 6.07) is 0. The molecule has 0 radical (unpaired) electrons. The van der Waals surface area contributed by atoms with Crippen molar-refractivity contribution in [2.75, 3.05) is 32.8 Å². The number of ether oxygens (including phenoxy) is 1. The molecule has 0 bridgehead atoms. The number of hydrogen-bond acceptors (Lipinski definition) is 3. The zero-order valence-corrected chi connectivity index (χ0v) is 12.9. The molecule has 0 aromatic heterocycles. The van der Waals surface area contributed by atoms with Gasteiger partial charge in [-0.25, -0.2) is 0 Å². The normalized spacial score (nSPS) is 31.1. The van der Waals surface area contributed by atoms with Gasteiger partial charge in [0.05, 0.1) is 12.6 Å². The molecule has 2 aliphatic rings. The highest BCUT2D eigenvalue weighted by molar-refractivity contribution is 5.85. The maximum atomic E-state index is 12.1. The lowest BCUT2D eigenvalue weighted by Gasteiger charge is -2.35. The van der Waals surface area contributed by atoms with Gasteiger partial charge in [0.15, 0.2) is 0 Å². The summed E-state index contributed by atoms with van der Waals surface area (Å²) in [5, 5.41) is 3.24. The number of amides is 1. The van der Waals surface area contributed by atoms with Gasteiger partial charge in [-0.05, 0) is 31.1 Å². The fraction of sp³-hybridized carbons (Fsp3) is 0.929. The molecule has 2 rings (SSSR count). The van der Waals surface area contributed by atoms with Crippen molar-refractivity contribution in [1.82, 2.24) is 10.2 Å². The molecule has 19 heavy (non-hydrogen) atoms. The van der Waals surface area contributed by atoms with E-state index in [1.165, 1.54) is 6.42 Å². The van der Waals surface area contributed by atoms with Gasteiger partial charge in [0.25, 0.3) is 0 Å². The molecular formula is C14H27ClN2O2. The lowest BCUT2D eigenvalue weighted by molar-refractivity contribution is -0.132. The fourth-order valence-corrected chi connectivity index (χ4v) is 3.12. The fourth-order valence-electron chi connectivity index (χ4n) is 3.12. The number of rotatable bonds is 4. The Bertz CT molecular complexity index is 273. The average molecular weight is 291 g/mol. The van der Waals surface area contributed by atoms with E-state index in [0.29, 0.717) is 24.5 Å². The summed E-state index contributed by atoms with van der Waals surface area (Å²) in [5.74, 6) is 1.51. The van der Waals surface area contributed by atoms with Crippen LogP contribution in [0.5, 0.6) is 0 Å². The predicted octanol–water partition coefficient (Wildman–Crippen LogP) is 1.68. The Labute approximate surface area is 122 Å². The van der Waals surface area contributed by atoms with Crippen LogP contribution >= 0.6 is 12.4 Å². The minimum absolute atomic E-state index is 0. The molecule has 0 saturated carbocycles. The molecule has 1 N–H and O–H groups in total. The Hall–Kier alpha value is -0.320. The number of piperidine rings is 1. The standard InChI is InChI=1S/C14H26N2O2.ClH/c1-11-6-12(2)10-16(9-11)14(17)8-15-7-13-4-3-5-18-13;/h11-13,15H,3-10H2,1-2H3;1H. The van der Waals surface area contributed by atoms with Crippen LogP contribution in [0.2, 0.25) is 0 Å². The van der Waals surface area contributed by atoms with Crippen LogP contribution in [0.4, 0.5) is 0 Å². The van der Waals surface area contributed by atoms with E-state index in [0.717, 1.165) is 39.1 Å². The molecule has 3 atom stereocenters. The Kier molecular flexibility index (Phi) is 7.11. The third-order valence-corrected chi connectivity index (χ3v) is 3.89. The molecule has 112 valence electrons. The van der Waals surface area contributed by atoms with E-state index in [1.54, 1.807) is 0 Å². The average Bonchev–Trinajstić information content (AvgIpc) is 2.80. The Morgan fingerprint density at radius 1 is 1.32 bits per heavy atom. The highest BCUT2D eigenvalue weighted by atomic mass is 35.5. The van der Waals surface area contributed by atoms with Crippen LogP contribution in [0.3, 0.4) is 0 Å². The minimum atomic E-state index is 0. The van der Waals surface area contributed by atoms with Gasteiger partial charge in [-0.1, -0.05) is 13.8 Å². The number of halogens is 1. The van der Waals surface area contributed by atoms with E-state index < -0.39 is 0 Å². The SMILES string of the molecule is CC1CC(C)CN(C(=O)CNCC2CCCO2)C1.Cl. The predicted molar refractivity (Wildman–Crippen MR) is 78.6 cm³/mol. The first-order chi connectivity index (χ1) is 8.65. The van der Waals surface area contributed by atoms with Gasteiger partial charge < -0.3 is 15.0 Å². The van der Waals surface area contributed by atoms with Crippen molar-refractivity contribution in [2.45, 2.75) is 39.2 Å². The number of hydrogen-bond donors (Lipinski definition) is 1. The molecule has 0 aliphatic carbocycles. The van der Waals surface area contributed by atoms with Crippen LogP contribution in [0.15, 0.2) is 0 Å². The molecule has 2 aliphatic heterocycles. The maximum absolute atomic E-state index is 12.1. The Balaban J connectivity index is 0.00000180. The summed E-state index contributed by atoms with van der Waals surface area (Å²) in [7, 11) is 0. The second-order valence-electron chi connectivity index (χ2n) is 6.01. The van der Waals surface area contributed by atoms with Crippen LogP contribution < -0.4 is 5.32 Å². The smallest absolute Gasteiger partial charge is 0.236 e. The van der Waals surface area contributed by atoms with Gasteiger partial charge in [-0.2, -0.15) is 0 Å². The zero-order valence-electron chi connectivity index (χ0n) is 12.1. The molecule has 2 saturated heterocycles. The lowest BCUT2D eigenvalue weighted by atomic mass is 9.92. The Morgan fingerprint density at radius 3 is 2.58 bits per heavy atom. The number of nitrogens with one attached hydrogen (secondary N) is 1. The Morgan fingerprint density at radius 2 is 2.00 bits per heavy atom. The molecule has 0 spiro atoms. The van der Waals surface area contributed by atoms with E-state index in [-0.39, 0.29) is 18.3 Å². The number of likely N-dealkylation sites (tertiary alicyclic amines) is 1. The third-order valence-electron chi connectivity index (χ3n) is 3.89. The minimum Gasteiger partial charge on any atom is -0.377 e. The zero-order chi connectivity index (χ0) is 13.0. The van der Waals surface area contributed by atoms with Crippen molar-refractivity contribution >= 4 is 18.3 Å². The van der Waals surface area contributed by atoms with Crippen LogP contribution in [0, 0.1) is 11.8 Å². The summed E-state index contributed by atoms with van der Waals surface area (Å²) in [6.45, 7) is 8.45. The van der Waals surface area contributed by atoms with Crippen molar-refractivity contribution in [3.8, 4) is 0 Å². The van der Waals surface area contributed by atoms with E-state index >= 15 is 0 Å². The lowest BCUT2D eigenvalue weighted by Crippen LogP contribution is -2.46. The van der Waals surface area contributed by atoms with Gasteiger partial charge >= 0.3 is 0 Å². The summed E-state index contributed by atoms with van der Waals surface area (Å²) in [6.07, 6.45) is 3.84. The van der Waals surface area contributed by atoms with Crippen LogP contribution in [-0.2, 0) is 9.53 Å². The van der Waals surface area contributed by atoms with E-state index in [4.69, 9.17) is 4.74 Å². The maximum Gasteiger partial charge on any atom is 0.236 e. The van der Waals surface area contributed by atoms with Crippen LogP contribution in [0.25, 0.3) is 0 Å². The van der Waals surface area contributed by atoms with Gasteiger partial charge in [-0.15, -0.1) is 12.4 Å². The van der Waals surface area contributed by atoms with Crippen molar-refractivity contribution < 1.29 is 9.53 Å². The van der Waals surface area contributed by atoms with Crippen molar-refractivity contribution in [2.24, 2.45) is 11.8 Å². The first-order valence-electron chi connectivity index (χ1n) is 7.25. The van der Waals surface area contributed by atoms with Gasteiger partial charge in [-0.3, -0.25) is 4.79 Å². The molecule has 0 aromatic carbocycles. The van der Waals surface area contributed by atoms with Crippen LogP contribution in [-0.4, -0.2) is 49.7 Å². The summed E-state index contributed by atoms with van der Waals surface area (Å²) in [5.41, 5.74) is 0. The van der Waals surface area contributed by atoms with Crippen molar-refractivity contribution in [1.29, 1.82) is 0 Å². The van der Waals surface area contributed by atoms with E-state index in [9.17, 15) is 4.79 Å². The summed E-state index contributed by atoms with van der Waals surface area (Å²) >= 11 is 0. The van der Waals surface area contributed by atoms with Gasteiger partial charge in [0.1, 0.15) is 0 Å². The highest BCUT2D eigenvalue weighted by Crippen LogP contribution is 2.20. The summed E-state index contributed by atoms with van der Waals surface area (Å²) < 4.78 is 5.53. The molecule has 4 nitrogen and oxygen atoms in total. The summed E-state index contributed by atoms with van der Waals surface area (Å²) in [4.78, 5) is 14.1. The molecular weight excluding hydrogens is 264 g/mol. The second kappa shape index (κ2) is 8.08. The molecule has 2 fully saturated rings. The van der Waals surface area contributed by atoms with Gasteiger partial charge in [0.2, 0.25) is 5.91 Å². The number of carbonyl (C=O) groups excluding carboxylic acids is 1. The van der Waals surface area contributed by atoms with E-state index in [2.05, 4.69) is 19.2 Å². The first kappa shape index (κ1) is 16.7. The molecule has 0 aromatic rings. The topological polar surface area (TPSA) is 41.6 Å².